The highest BCUT2D eigenvalue weighted by Crippen LogP contribution is 2.17. The Hall–Kier alpha value is -2.21. The molecule has 0 spiro atoms. The molecule has 0 fully saturated rings. The van der Waals surface area contributed by atoms with Gasteiger partial charge >= 0.3 is 5.97 Å². The van der Waals surface area contributed by atoms with Gasteiger partial charge in [-0.15, -0.1) is 0 Å². The van der Waals surface area contributed by atoms with Crippen molar-refractivity contribution in [3.63, 3.8) is 0 Å². The molecule has 0 bridgehead atoms. The molecule has 0 saturated carbocycles. The maximum Gasteiger partial charge on any atom is 0.323 e. The van der Waals surface area contributed by atoms with Gasteiger partial charge in [-0.2, -0.15) is 0 Å². The summed E-state index contributed by atoms with van der Waals surface area (Å²) in [5, 5.41) is 9.31. The number of rotatable bonds is 5. The molecule has 2 rings (SSSR count). The Balaban J connectivity index is 2.40. The summed E-state index contributed by atoms with van der Waals surface area (Å²) in [5.41, 5.74) is 0.343. The maximum absolute atomic E-state index is 12.1. The van der Waals surface area contributed by atoms with E-state index >= 15 is 0 Å². The first kappa shape index (κ1) is 15.2. The monoisotopic (exact) mass is 289 g/mol. The fourth-order valence-corrected chi connectivity index (χ4v) is 2.20. The molecule has 0 unspecified atom stereocenters. The van der Waals surface area contributed by atoms with Gasteiger partial charge in [-0.3, -0.25) is 14.5 Å². The van der Waals surface area contributed by atoms with E-state index in [1.165, 1.54) is 0 Å². The van der Waals surface area contributed by atoms with E-state index in [0.29, 0.717) is 23.3 Å². The molecule has 0 aliphatic rings. The molecule has 0 aliphatic carbocycles. The van der Waals surface area contributed by atoms with Crippen LogP contribution < -0.4 is 5.56 Å². The van der Waals surface area contributed by atoms with E-state index in [-0.39, 0.29) is 12.1 Å². The van der Waals surface area contributed by atoms with Crippen LogP contribution in [0.1, 0.15) is 26.5 Å². The molecule has 0 radical (unpaired) electrons. The second-order valence-corrected chi connectivity index (χ2v) is 5.41. The molecule has 0 aliphatic heterocycles. The van der Waals surface area contributed by atoms with Crippen molar-refractivity contribution in [3.8, 4) is 0 Å². The summed E-state index contributed by atoms with van der Waals surface area (Å²) in [4.78, 5) is 32.3. The SMILES string of the molecule is CCN(Cc1nc2ccccc2[nH]c1=O)C(C)(C)C(=O)O. The summed E-state index contributed by atoms with van der Waals surface area (Å²) in [5.74, 6) is -0.929. The number of carbonyl (C=O) groups is 1. The van der Waals surface area contributed by atoms with Crippen LogP contribution in [0.4, 0.5) is 0 Å². The smallest absolute Gasteiger partial charge is 0.323 e. The molecule has 112 valence electrons. The van der Waals surface area contributed by atoms with Crippen LogP contribution in [0.5, 0.6) is 0 Å². The number of nitrogens with one attached hydrogen (secondary N) is 1. The molecule has 21 heavy (non-hydrogen) atoms. The number of hydrogen-bond donors (Lipinski definition) is 2. The number of carboxylic acids is 1. The van der Waals surface area contributed by atoms with E-state index in [4.69, 9.17) is 0 Å². The van der Waals surface area contributed by atoms with Crippen LogP contribution in [-0.2, 0) is 11.3 Å². The number of aliphatic carboxylic acids is 1. The van der Waals surface area contributed by atoms with Crippen molar-refractivity contribution in [3.05, 3.63) is 40.3 Å². The van der Waals surface area contributed by atoms with Gasteiger partial charge in [0, 0.05) is 6.54 Å². The van der Waals surface area contributed by atoms with Crippen LogP contribution >= 0.6 is 0 Å². The molecule has 6 nitrogen and oxygen atoms in total. The largest absolute Gasteiger partial charge is 0.480 e. The third-order valence-corrected chi connectivity index (χ3v) is 3.71. The van der Waals surface area contributed by atoms with Gasteiger partial charge in [0.25, 0.3) is 5.56 Å². The van der Waals surface area contributed by atoms with Crippen molar-refractivity contribution in [1.29, 1.82) is 0 Å². The fourth-order valence-electron chi connectivity index (χ4n) is 2.20. The maximum atomic E-state index is 12.1. The summed E-state index contributed by atoms with van der Waals surface area (Å²) < 4.78 is 0. The van der Waals surface area contributed by atoms with Gasteiger partial charge in [-0.25, -0.2) is 4.98 Å². The average Bonchev–Trinajstić information content (AvgIpc) is 2.44. The lowest BCUT2D eigenvalue weighted by atomic mass is 10.0. The number of fused-ring (bicyclic) bond motifs is 1. The van der Waals surface area contributed by atoms with Gasteiger partial charge < -0.3 is 10.1 Å². The van der Waals surface area contributed by atoms with Crippen LogP contribution in [0, 0.1) is 0 Å². The first-order valence-corrected chi connectivity index (χ1v) is 6.82. The summed E-state index contributed by atoms with van der Waals surface area (Å²) in [6, 6.07) is 7.27. The summed E-state index contributed by atoms with van der Waals surface area (Å²) in [6.07, 6.45) is 0. The minimum absolute atomic E-state index is 0.190. The van der Waals surface area contributed by atoms with E-state index in [1.54, 1.807) is 24.8 Å². The van der Waals surface area contributed by atoms with Crippen molar-refractivity contribution in [1.82, 2.24) is 14.9 Å². The number of likely N-dealkylation sites (N-methyl/N-ethyl adjacent to an activating group) is 1. The van der Waals surface area contributed by atoms with Crippen molar-refractivity contribution < 1.29 is 9.90 Å². The van der Waals surface area contributed by atoms with Gasteiger partial charge in [-0.1, -0.05) is 19.1 Å². The topological polar surface area (TPSA) is 86.3 Å². The Labute approximate surface area is 122 Å². The number of hydrogen-bond acceptors (Lipinski definition) is 4. The highest BCUT2D eigenvalue weighted by Gasteiger charge is 2.34. The van der Waals surface area contributed by atoms with Gasteiger partial charge in [0.15, 0.2) is 0 Å². The van der Waals surface area contributed by atoms with E-state index < -0.39 is 11.5 Å². The zero-order chi connectivity index (χ0) is 15.6. The minimum atomic E-state index is -1.06. The third-order valence-electron chi connectivity index (χ3n) is 3.71. The average molecular weight is 289 g/mol. The van der Waals surface area contributed by atoms with Crippen molar-refractivity contribution >= 4 is 17.0 Å². The molecule has 1 aromatic heterocycles. The number of H-pyrrole nitrogens is 1. The van der Waals surface area contributed by atoms with Gasteiger partial charge in [0.2, 0.25) is 0 Å². The lowest BCUT2D eigenvalue weighted by molar-refractivity contribution is -0.149. The van der Waals surface area contributed by atoms with Crippen LogP contribution in [0.2, 0.25) is 0 Å². The Kier molecular flexibility index (Phi) is 4.09. The lowest BCUT2D eigenvalue weighted by Gasteiger charge is -2.33. The van der Waals surface area contributed by atoms with Crippen LogP contribution in [-0.4, -0.2) is 38.0 Å². The molecule has 1 heterocycles. The van der Waals surface area contributed by atoms with Gasteiger partial charge in [0.05, 0.1) is 11.0 Å². The lowest BCUT2D eigenvalue weighted by Crippen LogP contribution is -2.50. The Morgan fingerprint density at radius 3 is 2.67 bits per heavy atom. The molecule has 2 N–H and O–H groups in total. The number of nitrogens with zero attached hydrogens (tertiary/aromatic N) is 2. The molecular weight excluding hydrogens is 270 g/mol. The highest BCUT2D eigenvalue weighted by molar-refractivity contribution is 5.77. The van der Waals surface area contributed by atoms with Crippen molar-refractivity contribution in [2.24, 2.45) is 0 Å². The van der Waals surface area contributed by atoms with Crippen LogP contribution in [0.15, 0.2) is 29.1 Å². The Morgan fingerprint density at radius 2 is 2.05 bits per heavy atom. The zero-order valence-electron chi connectivity index (χ0n) is 12.4. The number of para-hydroxylation sites is 2. The number of aromatic amines is 1. The molecule has 0 amide bonds. The van der Waals surface area contributed by atoms with E-state index in [2.05, 4.69) is 9.97 Å². The van der Waals surface area contributed by atoms with Crippen LogP contribution in [0.25, 0.3) is 11.0 Å². The minimum Gasteiger partial charge on any atom is -0.480 e. The van der Waals surface area contributed by atoms with Gasteiger partial charge in [0.1, 0.15) is 11.2 Å². The fraction of sp³-hybridized carbons (Fsp3) is 0.400. The summed E-state index contributed by atoms with van der Waals surface area (Å²) in [7, 11) is 0. The normalized spacial score (nSPS) is 12.0. The van der Waals surface area contributed by atoms with Crippen LogP contribution in [0.3, 0.4) is 0 Å². The van der Waals surface area contributed by atoms with E-state index in [1.807, 2.05) is 25.1 Å². The zero-order valence-corrected chi connectivity index (χ0v) is 12.4. The van der Waals surface area contributed by atoms with Gasteiger partial charge in [-0.05, 0) is 32.5 Å². The molecule has 2 aromatic rings. The first-order chi connectivity index (χ1) is 9.86. The summed E-state index contributed by atoms with van der Waals surface area (Å²) in [6.45, 7) is 5.80. The molecule has 0 atom stereocenters. The second kappa shape index (κ2) is 5.65. The molecular formula is C15H19N3O3. The number of carboxylic acid groups (broad SMARTS) is 1. The van der Waals surface area contributed by atoms with Crippen molar-refractivity contribution in [2.75, 3.05) is 6.54 Å². The molecule has 1 aromatic carbocycles. The molecule has 0 saturated heterocycles. The molecule has 6 heteroatoms. The van der Waals surface area contributed by atoms with E-state index in [0.717, 1.165) is 0 Å². The quantitative estimate of drug-likeness (QED) is 0.873. The predicted octanol–water partition coefficient (Wildman–Crippen LogP) is 1.61. The Bertz CT molecular complexity index is 721. The Morgan fingerprint density at radius 1 is 1.38 bits per heavy atom. The van der Waals surface area contributed by atoms with E-state index in [9.17, 15) is 14.7 Å². The predicted molar refractivity (Wildman–Crippen MR) is 80.2 cm³/mol. The highest BCUT2D eigenvalue weighted by atomic mass is 16.4. The number of aromatic nitrogens is 2. The number of benzene rings is 1. The summed E-state index contributed by atoms with van der Waals surface area (Å²) >= 11 is 0. The second-order valence-electron chi connectivity index (χ2n) is 5.41. The standard InChI is InChI=1S/C15H19N3O3/c1-4-18(15(2,3)14(20)21)9-12-13(19)17-11-8-6-5-7-10(11)16-12/h5-8H,4,9H2,1-3H3,(H,17,19)(H,20,21). The van der Waals surface area contributed by atoms with Crippen molar-refractivity contribution in [2.45, 2.75) is 32.9 Å². The third kappa shape index (κ3) is 2.95. The first-order valence-electron chi connectivity index (χ1n) is 6.82.